The van der Waals surface area contributed by atoms with E-state index in [0.717, 1.165) is 12.0 Å². The van der Waals surface area contributed by atoms with Gasteiger partial charge in [-0.15, -0.1) is 0 Å². The van der Waals surface area contributed by atoms with Gasteiger partial charge in [-0.3, -0.25) is 4.90 Å². The monoisotopic (exact) mass is 341 g/mol. The second kappa shape index (κ2) is 7.13. The SMILES string of the molecule is BrCC1(CN2CCCC3CCCCC32)CCCCCC1. The van der Waals surface area contributed by atoms with E-state index in [2.05, 4.69) is 20.8 Å². The smallest absolute Gasteiger partial charge is 0.0124 e. The average Bonchev–Trinajstić information content (AvgIpc) is 2.74. The van der Waals surface area contributed by atoms with Crippen molar-refractivity contribution in [3.8, 4) is 0 Å². The second-order valence-corrected chi connectivity index (χ2v) is 8.33. The Kier molecular flexibility index (Phi) is 5.47. The number of piperidine rings is 1. The fourth-order valence-corrected chi connectivity index (χ4v) is 5.91. The topological polar surface area (TPSA) is 3.24 Å². The molecule has 1 heterocycles. The van der Waals surface area contributed by atoms with E-state index in [1.165, 1.54) is 95.5 Å². The van der Waals surface area contributed by atoms with E-state index >= 15 is 0 Å². The van der Waals surface area contributed by atoms with E-state index < -0.39 is 0 Å². The van der Waals surface area contributed by atoms with Crippen LogP contribution in [-0.4, -0.2) is 29.4 Å². The fourth-order valence-electron chi connectivity index (χ4n) is 5.17. The van der Waals surface area contributed by atoms with E-state index in [1.807, 2.05) is 0 Å². The lowest BCUT2D eigenvalue weighted by atomic mass is 9.75. The number of likely N-dealkylation sites (tertiary alicyclic amines) is 1. The van der Waals surface area contributed by atoms with Crippen LogP contribution in [-0.2, 0) is 0 Å². The highest BCUT2D eigenvalue weighted by Crippen LogP contribution is 2.41. The summed E-state index contributed by atoms with van der Waals surface area (Å²) >= 11 is 3.89. The van der Waals surface area contributed by atoms with Gasteiger partial charge in [0, 0.05) is 17.9 Å². The minimum Gasteiger partial charge on any atom is -0.300 e. The van der Waals surface area contributed by atoms with Crippen molar-refractivity contribution in [1.82, 2.24) is 4.90 Å². The standard InChI is InChI=1S/C18H32BrN/c19-14-18(11-5-1-2-6-12-18)15-20-13-7-9-16-8-3-4-10-17(16)20/h16-17H,1-15H2. The van der Waals surface area contributed by atoms with E-state index in [-0.39, 0.29) is 0 Å². The Morgan fingerprint density at radius 3 is 2.30 bits per heavy atom. The second-order valence-electron chi connectivity index (χ2n) is 7.77. The summed E-state index contributed by atoms with van der Waals surface area (Å²) in [5.41, 5.74) is 0.593. The number of hydrogen-bond acceptors (Lipinski definition) is 1. The zero-order chi connectivity index (χ0) is 13.8. The van der Waals surface area contributed by atoms with Gasteiger partial charge in [0.2, 0.25) is 0 Å². The third-order valence-electron chi connectivity index (χ3n) is 6.34. The summed E-state index contributed by atoms with van der Waals surface area (Å²) in [5, 5.41) is 1.23. The van der Waals surface area contributed by atoms with Crippen molar-refractivity contribution in [3.63, 3.8) is 0 Å². The highest BCUT2D eigenvalue weighted by atomic mass is 79.9. The van der Waals surface area contributed by atoms with Crippen molar-refractivity contribution < 1.29 is 0 Å². The van der Waals surface area contributed by atoms with Gasteiger partial charge in [-0.05, 0) is 56.4 Å². The van der Waals surface area contributed by atoms with Crippen molar-refractivity contribution in [1.29, 1.82) is 0 Å². The zero-order valence-corrected chi connectivity index (χ0v) is 14.7. The molecule has 0 N–H and O–H groups in total. The zero-order valence-electron chi connectivity index (χ0n) is 13.1. The summed E-state index contributed by atoms with van der Waals surface area (Å²) in [6.45, 7) is 2.77. The van der Waals surface area contributed by atoms with Crippen LogP contribution < -0.4 is 0 Å². The van der Waals surface area contributed by atoms with Crippen LogP contribution in [0.25, 0.3) is 0 Å². The molecule has 0 radical (unpaired) electrons. The molecule has 2 heteroatoms. The molecule has 0 aromatic carbocycles. The van der Waals surface area contributed by atoms with Gasteiger partial charge in [0.1, 0.15) is 0 Å². The summed E-state index contributed by atoms with van der Waals surface area (Å²) in [4.78, 5) is 2.93. The van der Waals surface area contributed by atoms with Crippen molar-refractivity contribution >= 4 is 15.9 Å². The lowest BCUT2D eigenvalue weighted by Crippen LogP contribution is -2.51. The highest BCUT2D eigenvalue weighted by Gasteiger charge is 2.38. The first-order valence-corrected chi connectivity index (χ1v) is 10.3. The van der Waals surface area contributed by atoms with Crippen LogP contribution in [0.2, 0.25) is 0 Å². The molecule has 0 aromatic rings. The van der Waals surface area contributed by atoms with Crippen LogP contribution in [0, 0.1) is 11.3 Å². The molecule has 3 aliphatic rings. The van der Waals surface area contributed by atoms with Gasteiger partial charge < -0.3 is 0 Å². The van der Waals surface area contributed by atoms with E-state index in [1.54, 1.807) is 0 Å². The van der Waals surface area contributed by atoms with Crippen LogP contribution in [0.4, 0.5) is 0 Å². The van der Waals surface area contributed by atoms with Crippen molar-refractivity contribution in [3.05, 3.63) is 0 Å². The third-order valence-corrected chi connectivity index (χ3v) is 7.53. The number of halogens is 1. The predicted molar refractivity (Wildman–Crippen MR) is 90.5 cm³/mol. The Morgan fingerprint density at radius 2 is 1.55 bits per heavy atom. The number of rotatable bonds is 3. The normalized spacial score (nSPS) is 35.2. The van der Waals surface area contributed by atoms with Crippen LogP contribution in [0.1, 0.15) is 77.0 Å². The number of hydrogen-bond donors (Lipinski definition) is 0. The molecule has 1 nitrogen and oxygen atoms in total. The maximum Gasteiger partial charge on any atom is 0.0124 e. The molecule has 20 heavy (non-hydrogen) atoms. The summed E-state index contributed by atoms with van der Waals surface area (Å²) in [5.74, 6) is 1.04. The van der Waals surface area contributed by atoms with E-state index in [4.69, 9.17) is 0 Å². The third kappa shape index (κ3) is 3.43. The molecule has 1 saturated heterocycles. The van der Waals surface area contributed by atoms with E-state index in [9.17, 15) is 0 Å². The van der Waals surface area contributed by atoms with Gasteiger partial charge >= 0.3 is 0 Å². The molecular formula is C18H32BrN. The molecule has 116 valence electrons. The predicted octanol–water partition coefficient (Wildman–Crippen LogP) is 5.38. The molecular weight excluding hydrogens is 310 g/mol. The first kappa shape index (κ1) is 15.3. The number of fused-ring (bicyclic) bond motifs is 1. The number of alkyl halides is 1. The molecule has 0 amide bonds. The maximum atomic E-state index is 3.89. The van der Waals surface area contributed by atoms with Crippen LogP contribution in [0.5, 0.6) is 0 Å². The Balaban J connectivity index is 1.67. The van der Waals surface area contributed by atoms with Gasteiger partial charge in [0.05, 0.1) is 0 Å². The highest BCUT2D eigenvalue weighted by molar-refractivity contribution is 9.09. The molecule has 3 rings (SSSR count). The Labute approximate surface area is 134 Å². The van der Waals surface area contributed by atoms with Crippen LogP contribution in [0.3, 0.4) is 0 Å². The summed E-state index contributed by atoms with van der Waals surface area (Å²) < 4.78 is 0. The van der Waals surface area contributed by atoms with Gasteiger partial charge in [0.25, 0.3) is 0 Å². The molecule has 3 fully saturated rings. The van der Waals surface area contributed by atoms with Crippen molar-refractivity contribution in [2.45, 2.75) is 83.1 Å². The molecule has 2 saturated carbocycles. The van der Waals surface area contributed by atoms with Crippen LogP contribution in [0.15, 0.2) is 0 Å². The average molecular weight is 342 g/mol. The molecule has 2 aliphatic carbocycles. The molecule has 2 unspecified atom stereocenters. The molecule has 0 bridgehead atoms. The lowest BCUT2D eigenvalue weighted by Gasteiger charge is -2.48. The molecule has 1 aliphatic heterocycles. The van der Waals surface area contributed by atoms with E-state index in [0.29, 0.717) is 5.41 Å². The maximum absolute atomic E-state index is 3.89. The minimum atomic E-state index is 0.593. The largest absolute Gasteiger partial charge is 0.300 e. The number of nitrogens with zero attached hydrogens (tertiary/aromatic N) is 1. The first-order valence-electron chi connectivity index (χ1n) is 9.13. The Morgan fingerprint density at radius 1 is 0.850 bits per heavy atom. The fraction of sp³-hybridized carbons (Fsp3) is 1.00. The molecule has 2 atom stereocenters. The van der Waals surface area contributed by atoms with Gasteiger partial charge in [-0.1, -0.05) is 54.5 Å². The minimum absolute atomic E-state index is 0.593. The lowest BCUT2D eigenvalue weighted by molar-refractivity contribution is 0.0251. The Bertz CT molecular complexity index is 294. The van der Waals surface area contributed by atoms with Gasteiger partial charge in [-0.2, -0.15) is 0 Å². The van der Waals surface area contributed by atoms with Crippen molar-refractivity contribution in [2.75, 3.05) is 18.4 Å². The van der Waals surface area contributed by atoms with Gasteiger partial charge in [0.15, 0.2) is 0 Å². The summed E-state index contributed by atoms with van der Waals surface area (Å²) in [6, 6.07) is 0.941. The van der Waals surface area contributed by atoms with Gasteiger partial charge in [-0.25, -0.2) is 0 Å². The summed E-state index contributed by atoms with van der Waals surface area (Å²) in [6.07, 6.45) is 17.8. The molecule has 0 aromatic heterocycles. The quantitative estimate of drug-likeness (QED) is 0.492. The molecule has 0 spiro atoms. The van der Waals surface area contributed by atoms with Crippen LogP contribution >= 0.6 is 15.9 Å². The Hall–Kier alpha value is 0.440. The summed E-state index contributed by atoms with van der Waals surface area (Å²) in [7, 11) is 0. The van der Waals surface area contributed by atoms with Crippen molar-refractivity contribution in [2.24, 2.45) is 11.3 Å². The first-order chi connectivity index (χ1) is 9.83.